The molecule has 31 heavy (non-hydrogen) atoms. The van der Waals surface area contributed by atoms with E-state index in [4.69, 9.17) is 0 Å². The number of rotatable bonds is 8. The smallest absolute Gasteiger partial charge is 0.224 e. The SMILES string of the molecule is CN=C(NCCNC(=O)Cc1cccc(F)c1)NCC1CCCN(C)C1c1cccs1. The molecule has 0 radical (unpaired) electrons. The highest BCUT2D eigenvalue weighted by Gasteiger charge is 2.31. The third kappa shape index (κ3) is 7.04. The van der Waals surface area contributed by atoms with Crippen LogP contribution in [0.25, 0.3) is 0 Å². The van der Waals surface area contributed by atoms with E-state index in [2.05, 4.69) is 50.4 Å². The molecule has 0 saturated carbocycles. The summed E-state index contributed by atoms with van der Waals surface area (Å²) in [5.41, 5.74) is 0.667. The summed E-state index contributed by atoms with van der Waals surface area (Å²) in [7, 11) is 3.96. The van der Waals surface area contributed by atoms with Gasteiger partial charge in [0.25, 0.3) is 0 Å². The summed E-state index contributed by atoms with van der Waals surface area (Å²) in [6, 6.07) is 10.9. The molecule has 1 saturated heterocycles. The number of piperidine rings is 1. The largest absolute Gasteiger partial charge is 0.356 e. The third-order valence-corrected chi connectivity index (χ3v) is 6.53. The first-order valence-electron chi connectivity index (χ1n) is 10.8. The molecule has 0 aliphatic carbocycles. The van der Waals surface area contributed by atoms with Gasteiger partial charge in [0.05, 0.1) is 6.42 Å². The summed E-state index contributed by atoms with van der Waals surface area (Å²) in [5, 5.41) is 11.7. The van der Waals surface area contributed by atoms with E-state index in [1.807, 2.05) is 11.3 Å². The van der Waals surface area contributed by atoms with Crippen LogP contribution in [0.4, 0.5) is 4.39 Å². The fourth-order valence-electron chi connectivity index (χ4n) is 4.11. The number of nitrogens with zero attached hydrogens (tertiary/aromatic N) is 2. The number of benzene rings is 1. The molecular formula is C23H32FN5OS. The van der Waals surface area contributed by atoms with Gasteiger partial charge in [0.15, 0.2) is 5.96 Å². The number of thiophene rings is 1. The Bertz CT molecular complexity index is 857. The molecule has 1 fully saturated rings. The van der Waals surface area contributed by atoms with E-state index in [0.717, 1.165) is 19.0 Å². The van der Waals surface area contributed by atoms with Crippen LogP contribution in [-0.4, -0.2) is 57.0 Å². The zero-order chi connectivity index (χ0) is 22.1. The van der Waals surface area contributed by atoms with Crippen molar-refractivity contribution in [2.45, 2.75) is 25.3 Å². The van der Waals surface area contributed by atoms with Gasteiger partial charge < -0.3 is 16.0 Å². The van der Waals surface area contributed by atoms with E-state index in [1.165, 1.54) is 29.9 Å². The van der Waals surface area contributed by atoms with Crippen molar-refractivity contribution >= 4 is 23.2 Å². The number of likely N-dealkylation sites (tertiary alicyclic amines) is 1. The first kappa shape index (κ1) is 23.2. The van der Waals surface area contributed by atoms with Gasteiger partial charge in [-0.2, -0.15) is 0 Å². The van der Waals surface area contributed by atoms with Gasteiger partial charge in [-0.1, -0.05) is 18.2 Å². The number of halogens is 1. The molecular weight excluding hydrogens is 413 g/mol. The molecule has 3 rings (SSSR count). The number of aliphatic imine (C=N–C) groups is 1. The second-order valence-electron chi connectivity index (χ2n) is 7.88. The van der Waals surface area contributed by atoms with E-state index >= 15 is 0 Å². The van der Waals surface area contributed by atoms with Crippen molar-refractivity contribution in [3.8, 4) is 0 Å². The van der Waals surface area contributed by atoms with E-state index in [9.17, 15) is 9.18 Å². The molecule has 1 amide bonds. The van der Waals surface area contributed by atoms with Crippen LogP contribution in [0.5, 0.6) is 0 Å². The lowest BCUT2D eigenvalue weighted by Crippen LogP contribution is -2.46. The lowest BCUT2D eigenvalue weighted by atomic mass is 9.88. The van der Waals surface area contributed by atoms with Crippen LogP contribution in [0.3, 0.4) is 0 Å². The molecule has 0 bridgehead atoms. The normalized spacial score (nSPS) is 19.8. The quantitative estimate of drug-likeness (QED) is 0.332. The fourth-order valence-corrected chi connectivity index (χ4v) is 5.09. The summed E-state index contributed by atoms with van der Waals surface area (Å²) >= 11 is 1.82. The number of nitrogens with one attached hydrogen (secondary N) is 3. The van der Waals surface area contributed by atoms with E-state index in [1.54, 1.807) is 19.2 Å². The van der Waals surface area contributed by atoms with Crippen LogP contribution in [0.2, 0.25) is 0 Å². The zero-order valence-corrected chi connectivity index (χ0v) is 19.1. The minimum Gasteiger partial charge on any atom is -0.356 e. The van der Waals surface area contributed by atoms with Gasteiger partial charge in [-0.25, -0.2) is 4.39 Å². The highest BCUT2D eigenvalue weighted by molar-refractivity contribution is 7.10. The second-order valence-corrected chi connectivity index (χ2v) is 8.86. The molecule has 1 aliphatic heterocycles. The van der Waals surface area contributed by atoms with Gasteiger partial charge in [0, 0.05) is 37.6 Å². The Kier molecular flexibility index (Phi) is 8.85. The molecule has 1 aliphatic rings. The van der Waals surface area contributed by atoms with E-state index < -0.39 is 0 Å². The molecule has 168 valence electrons. The van der Waals surface area contributed by atoms with Crippen molar-refractivity contribution in [1.29, 1.82) is 0 Å². The Hall–Kier alpha value is -2.45. The van der Waals surface area contributed by atoms with Crippen molar-refractivity contribution in [1.82, 2.24) is 20.9 Å². The molecule has 0 spiro atoms. The van der Waals surface area contributed by atoms with Crippen molar-refractivity contribution in [3.63, 3.8) is 0 Å². The first-order valence-corrected chi connectivity index (χ1v) is 11.6. The average Bonchev–Trinajstić information content (AvgIpc) is 3.27. The molecule has 2 unspecified atom stereocenters. The lowest BCUT2D eigenvalue weighted by molar-refractivity contribution is -0.120. The number of carbonyl (C=O) groups is 1. The number of carbonyl (C=O) groups excluding carboxylic acids is 1. The summed E-state index contributed by atoms with van der Waals surface area (Å²) in [4.78, 5) is 20.2. The molecule has 6 nitrogen and oxygen atoms in total. The van der Waals surface area contributed by atoms with Gasteiger partial charge in [-0.3, -0.25) is 14.7 Å². The Labute approximate surface area is 187 Å². The third-order valence-electron chi connectivity index (χ3n) is 5.59. The first-order chi connectivity index (χ1) is 15.1. The fraction of sp³-hybridized carbons (Fsp3) is 0.478. The molecule has 1 aromatic heterocycles. The minimum absolute atomic E-state index is 0.126. The Morgan fingerprint density at radius 1 is 1.23 bits per heavy atom. The van der Waals surface area contributed by atoms with Crippen molar-refractivity contribution < 1.29 is 9.18 Å². The second kappa shape index (κ2) is 11.8. The zero-order valence-electron chi connectivity index (χ0n) is 18.2. The van der Waals surface area contributed by atoms with Crippen molar-refractivity contribution in [2.75, 3.05) is 40.3 Å². The van der Waals surface area contributed by atoms with Crippen LogP contribution in [0.1, 0.15) is 29.3 Å². The number of hydrogen-bond acceptors (Lipinski definition) is 4. The maximum absolute atomic E-state index is 13.2. The Morgan fingerprint density at radius 3 is 2.81 bits per heavy atom. The molecule has 2 atom stereocenters. The number of hydrogen-bond donors (Lipinski definition) is 3. The standard InChI is InChI=1S/C23H32FN5OS/c1-25-23(27-11-10-26-21(30)15-17-6-3-8-19(24)14-17)28-16-18-7-4-12-29(2)22(18)20-9-5-13-31-20/h3,5-6,8-9,13-14,18,22H,4,7,10-12,15-16H2,1-2H3,(H,26,30)(H2,25,27,28). The lowest BCUT2D eigenvalue weighted by Gasteiger charge is -2.39. The van der Waals surface area contributed by atoms with Gasteiger partial charge in [-0.05, 0) is 61.5 Å². The molecule has 3 N–H and O–H groups in total. The summed E-state index contributed by atoms with van der Waals surface area (Å²) in [5.74, 6) is 0.797. The van der Waals surface area contributed by atoms with Gasteiger partial charge in [0.2, 0.25) is 5.91 Å². The van der Waals surface area contributed by atoms with Crippen molar-refractivity contribution in [3.05, 3.63) is 58.0 Å². The van der Waals surface area contributed by atoms with Crippen LogP contribution in [0.15, 0.2) is 46.8 Å². The molecule has 1 aromatic carbocycles. The summed E-state index contributed by atoms with van der Waals surface area (Å²) in [6.45, 7) is 3.01. The van der Waals surface area contributed by atoms with Crippen LogP contribution >= 0.6 is 11.3 Å². The minimum atomic E-state index is -0.327. The summed E-state index contributed by atoms with van der Waals surface area (Å²) < 4.78 is 13.2. The predicted octanol–water partition coefficient (Wildman–Crippen LogP) is 2.79. The number of guanidine groups is 1. The monoisotopic (exact) mass is 445 g/mol. The highest BCUT2D eigenvalue weighted by Crippen LogP contribution is 2.36. The number of amides is 1. The van der Waals surface area contributed by atoms with Gasteiger partial charge >= 0.3 is 0 Å². The topological polar surface area (TPSA) is 68.8 Å². The summed E-state index contributed by atoms with van der Waals surface area (Å²) in [6.07, 6.45) is 2.56. The average molecular weight is 446 g/mol. The van der Waals surface area contributed by atoms with Crippen molar-refractivity contribution in [2.24, 2.45) is 10.9 Å². The molecule has 2 heterocycles. The highest BCUT2D eigenvalue weighted by atomic mass is 32.1. The van der Waals surface area contributed by atoms with E-state index in [0.29, 0.717) is 30.6 Å². The van der Waals surface area contributed by atoms with Gasteiger partial charge in [0.1, 0.15) is 5.82 Å². The van der Waals surface area contributed by atoms with Crippen LogP contribution in [0, 0.1) is 11.7 Å². The molecule has 8 heteroatoms. The molecule has 2 aromatic rings. The Balaban J connectivity index is 1.39. The van der Waals surface area contributed by atoms with Crippen LogP contribution < -0.4 is 16.0 Å². The van der Waals surface area contributed by atoms with Gasteiger partial charge in [-0.15, -0.1) is 11.3 Å². The maximum Gasteiger partial charge on any atom is 0.224 e. The Morgan fingerprint density at radius 2 is 2.06 bits per heavy atom. The predicted molar refractivity (Wildman–Crippen MR) is 125 cm³/mol. The maximum atomic E-state index is 13.2. The van der Waals surface area contributed by atoms with E-state index in [-0.39, 0.29) is 18.1 Å². The van der Waals surface area contributed by atoms with Crippen LogP contribution in [-0.2, 0) is 11.2 Å².